The summed E-state index contributed by atoms with van der Waals surface area (Å²) in [6.07, 6.45) is 0. The van der Waals surface area contributed by atoms with Crippen molar-refractivity contribution in [1.82, 2.24) is 4.57 Å². The maximum absolute atomic E-state index is 13.9. The van der Waals surface area contributed by atoms with E-state index in [1.54, 1.807) is 0 Å². The van der Waals surface area contributed by atoms with Gasteiger partial charge < -0.3 is 8.98 Å². The average Bonchev–Trinajstić information content (AvgIpc) is 3.65. The molecule has 0 saturated heterocycles. The zero-order chi connectivity index (χ0) is 26.4. The zero-order valence-electron chi connectivity index (χ0n) is 21.4. The van der Waals surface area contributed by atoms with Gasteiger partial charge in [-0.05, 0) is 47.0 Å². The Hall–Kier alpha value is -5.41. The Morgan fingerprint density at radius 1 is 0.525 bits per heavy atom. The van der Waals surface area contributed by atoms with Gasteiger partial charge in [-0.15, -0.1) is 0 Å². The molecule has 0 spiro atoms. The molecule has 3 heteroatoms. The molecule has 0 radical (unpaired) electrons. The number of para-hydroxylation sites is 3. The van der Waals surface area contributed by atoms with Crippen LogP contribution in [0.3, 0.4) is 0 Å². The molecule has 186 valence electrons. The standard InChI is InChI=1S/C37H21NO2/c39-36-29-13-5-4-11-25(29)27-18-19-28-31-21-22(24-14-8-15-30-26-12-6-7-16-33(26)40-37(24)30)17-20-32(31)38(35(28)34(27)36)23-9-2-1-3-10-23/h1-21H. The molecule has 8 aromatic rings. The molecule has 0 fully saturated rings. The van der Waals surface area contributed by atoms with Crippen molar-refractivity contribution in [3.8, 4) is 27.9 Å². The number of furan rings is 1. The van der Waals surface area contributed by atoms with Gasteiger partial charge in [0.2, 0.25) is 0 Å². The molecule has 40 heavy (non-hydrogen) atoms. The maximum atomic E-state index is 13.9. The third-order valence-electron chi connectivity index (χ3n) is 8.35. The van der Waals surface area contributed by atoms with Gasteiger partial charge in [0.1, 0.15) is 11.2 Å². The SMILES string of the molecule is O=C1c2ccccc2-c2ccc3c4cc(-c5cccc6c5oc5ccccc56)ccc4n(-c4ccccc4)c3c21. The highest BCUT2D eigenvalue weighted by molar-refractivity contribution is 6.29. The van der Waals surface area contributed by atoms with E-state index in [1.807, 2.05) is 60.7 Å². The van der Waals surface area contributed by atoms with Gasteiger partial charge in [-0.1, -0.05) is 97.1 Å². The van der Waals surface area contributed by atoms with E-state index in [4.69, 9.17) is 4.42 Å². The summed E-state index contributed by atoms with van der Waals surface area (Å²) in [5, 5.41) is 4.41. The van der Waals surface area contributed by atoms with Gasteiger partial charge in [0.25, 0.3) is 0 Å². The van der Waals surface area contributed by atoms with Crippen LogP contribution in [0.5, 0.6) is 0 Å². The van der Waals surface area contributed by atoms with Gasteiger partial charge in [0.15, 0.2) is 5.78 Å². The molecular formula is C37H21NO2. The highest BCUT2D eigenvalue weighted by Gasteiger charge is 2.31. The number of ketones is 1. The number of benzene rings is 6. The Morgan fingerprint density at radius 2 is 1.27 bits per heavy atom. The third-order valence-corrected chi connectivity index (χ3v) is 8.35. The molecule has 1 aliphatic carbocycles. The number of hydrogen-bond acceptors (Lipinski definition) is 2. The Morgan fingerprint density at radius 3 is 2.17 bits per heavy atom. The van der Waals surface area contributed by atoms with E-state index in [0.29, 0.717) is 0 Å². The lowest BCUT2D eigenvalue weighted by Crippen LogP contribution is -2.01. The Balaban J connectivity index is 1.38. The second kappa shape index (κ2) is 7.81. The minimum absolute atomic E-state index is 0.0865. The van der Waals surface area contributed by atoms with Crippen molar-refractivity contribution in [1.29, 1.82) is 0 Å². The van der Waals surface area contributed by atoms with Crippen LogP contribution in [0.25, 0.3) is 71.7 Å². The Bertz CT molecular complexity index is 2340. The molecule has 0 atom stereocenters. The molecule has 0 N–H and O–H groups in total. The maximum Gasteiger partial charge on any atom is 0.196 e. The molecule has 0 unspecified atom stereocenters. The van der Waals surface area contributed by atoms with Gasteiger partial charge in [0, 0.05) is 38.4 Å². The van der Waals surface area contributed by atoms with Crippen molar-refractivity contribution in [2.75, 3.05) is 0 Å². The van der Waals surface area contributed by atoms with E-state index < -0.39 is 0 Å². The summed E-state index contributed by atoms with van der Waals surface area (Å²) in [7, 11) is 0. The van der Waals surface area contributed by atoms with Gasteiger partial charge in [0.05, 0.1) is 16.6 Å². The third kappa shape index (κ3) is 2.76. The number of carbonyl (C=O) groups excluding carboxylic acids is 1. The van der Waals surface area contributed by atoms with Crippen LogP contribution in [0.1, 0.15) is 15.9 Å². The summed E-state index contributed by atoms with van der Waals surface area (Å²) in [6.45, 7) is 0. The normalized spacial score (nSPS) is 12.6. The van der Waals surface area contributed by atoms with E-state index in [-0.39, 0.29) is 5.78 Å². The van der Waals surface area contributed by atoms with E-state index in [9.17, 15) is 4.79 Å². The van der Waals surface area contributed by atoms with Gasteiger partial charge >= 0.3 is 0 Å². The summed E-state index contributed by atoms with van der Waals surface area (Å²) in [5.74, 6) is 0.0865. The Labute approximate surface area is 229 Å². The van der Waals surface area contributed by atoms with E-state index in [0.717, 1.165) is 82.8 Å². The number of nitrogens with zero attached hydrogens (tertiary/aromatic N) is 1. The molecular weight excluding hydrogens is 490 g/mol. The molecule has 0 saturated carbocycles. The van der Waals surface area contributed by atoms with Crippen molar-refractivity contribution in [2.24, 2.45) is 0 Å². The first-order chi connectivity index (χ1) is 19.8. The van der Waals surface area contributed by atoms with Crippen LogP contribution in [0.2, 0.25) is 0 Å². The molecule has 2 aromatic heterocycles. The van der Waals surface area contributed by atoms with Crippen LogP contribution in [-0.2, 0) is 0 Å². The van der Waals surface area contributed by atoms with Crippen molar-refractivity contribution < 1.29 is 9.21 Å². The van der Waals surface area contributed by atoms with Gasteiger partial charge in [-0.2, -0.15) is 0 Å². The predicted octanol–water partition coefficient (Wildman–Crippen LogP) is 9.56. The van der Waals surface area contributed by atoms with E-state index >= 15 is 0 Å². The second-order valence-electron chi connectivity index (χ2n) is 10.4. The van der Waals surface area contributed by atoms with Gasteiger partial charge in [-0.3, -0.25) is 4.79 Å². The lowest BCUT2D eigenvalue weighted by atomic mass is 9.99. The quantitative estimate of drug-likeness (QED) is 0.232. The van der Waals surface area contributed by atoms with Crippen molar-refractivity contribution in [3.63, 3.8) is 0 Å². The predicted molar refractivity (Wildman–Crippen MR) is 162 cm³/mol. The second-order valence-corrected chi connectivity index (χ2v) is 10.4. The number of carbonyl (C=O) groups is 1. The molecule has 9 rings (SSSR count). The monoisotopic (exact) mass is 511 g/mol. The summed E-state index contributed by atoms with van der Waals surface area (Å²) < 4.78 is 8.62. The van der Waals surface area contributed by atoms with Crippen molar-refractivity contribution >= 4 is 49.5 Å². The highest BCUT2D eigenvalue weighted by Crippen LogP contribution is 2.45. The average molecular weight is 512 g/mol. The molecule has 1 aliphatic rings. The van der Waals surface area contributed by atoms with Crippen LogP contribution in [-0.4, -0.2) is 10.4 Å². The molecule has 0 amide bonds. The lowest BCUT2D eigenvalue weighted by Gasteiger charge is -2.10. The van der Waals surface area contributed by atoms with Crippen LogP contribution in [0.15, 0.2) is 132 Å². The molecule has 0 bridgehead atoms. The fraction of sp³-hybridized carbons (Fsp3) is 0. The number of rotatable bonds is 2. The van der Waals surface area contributed by atoms with Crippen molar-refractivity contribution in [3.05, 3.63) is 139 Å². The smallest absolute Gasteiger partial charge is 0.196 e. The van der Waals surface area contributed by atoms with Crippen LogP contribution < -0.4 is 0 Å². The minimum atomic E-state index is 0.0865. The summed E-state index contributed by atoms with van der Waals surface area (Å²) >= 11 is 0. The largest absolute Gasteiger partial charge is 0.455 e. The fourth-order valence-corrected chi connectivity index (χ4v) is 6.60. The highest BCUT2D eigenvalue weighted by atomic mass is 16.3. The number of hydrogen-bond donors (Lipinski definition) is 0. The summed E-state index contributed by atoms with van der Waals surface area (Å²) in [6, 6.07) is 43.7. The molecule has 0 aliphatic heterocycles. The minimum Gasteiger partial charge on any atom is -0.455 e. The van der Waals surface area contributed by atoms with Crippen LogP contribution in [0, 0.1) is 0 Å². The van der Waals surface area contributed by atoms with E-state index in [1.165, 1.54) is 0 Å². The zero-order valence-corrected chi connectivity index (χ0v) is 21.4. The van der Waals surface area contributed by atoms with Crippen molar-refractivity contribution in [2.45, 2.75) is 0 Å². The first kappa shape index (κ1) is 21.5. The van der Waals surface area contributed by atoms with Crippen LogP contribution in [0.4, 0.5) is 0 Å². The molecule has 6 aromatic carbocycles. The number of fused-ring (bicyclic) bond motifs is 10. The first-order valence-electron chi connectivity index (χ1n) is 13.5. The molecule has 2 heterocycles. The summed E-state index contributed by atoms with van der Waals surface area (Å²) in [5.41, 5.74) is 10.5. The van der Waals surface area contributed by atoms with Gasteiger partial charge in [-0.25, -0.2) is 0 Å². The first-order valence-corrected chi connectivity index (χ1v) is 13.5. The topological polar surface area (TPSA) is 35.1 Å². The van der Waals surface area contributed by atoms with Crippen LogP contribution >= 0.6 is 0 Å². The summed E-state index contributed by atoms with van der Waals surface area (Å²) in [4.78, 5) is 13.9. The fourth-order valence-electron chi connectivity index (χ4n) is 6.60. The lowest BCUT2D eigenvalue weighted by molar-refractivity contribution is 0.104. The van der Waals surface area contributed by atoms with E-state index in [2.05, 4.69) is 71.3 Å². The molecule has 3 nitrogen and oxygen atoms in total. The Kier molecular flexibility index (Phi) is 4.20. The number of aromatic nitrogens is 1.